The van der Waals surface area contributed by atoms with Crippen LogP contribution in [0.1, 0.15) is 16.2 Å². The summed E-state index contributed by atoms with van der Waals surface area (Å²) >= 11 is 11.7. The minimum Gasteiger partial charge on any atom is -0.451 e. The Bertz CT molecular complexity index is 990. The number of aromatic nitrogens is 2. The number of ether oxygens (including phenoxy) is 1. The van der Waals surface area contributed by atoms with Crippen LogP contribution < -0.4 is 5.32 Å². The van der Waals surface area contributed by atoms with E-state index in [2.05, 4.69) is 15.3 Å². The number of rotatable bonds is 5. The molecule has 0 atom stereocenters. The van der Waals surface area contributed by atoms with Crippen molar-refractivity contribution in [2.24, 2.45) is 0 Å². The van der Waals surface area contributed by atoms with Crippen LogP contribution in [0.4, 0.5) is 5.82 Å². The average molecular weight is 406 g/mol. The Kier molecular flexibility index (Phi) is 5.73. The Morgan fingerprint density at radius 1 is 1.22 bits per heavy atom. The van der Waals surface area contributed by atoms with E-state index in [0.29, 0.717) is 16.7 Å². The number of pyridine rings is 1. The summed E-state index contributed by atoms with van der Waals surface area (Å²) in [4.78, 5) is 32.2. The fourth-order valence-corrected chi connectivity index (χ4v) is 2.59. The van der Waals surface area contributed by atoms with Gasteiger partial charge in [-0.05, 0) is 25.1 Å². The lowest BCUT2D eigenvalue weighted by Crippen LogP contribution is -2.22. The smallest absolute Gasteiger partial charge is 0.361 e. The average Bonchev–Trinajstić information content (AvgIpc) is 3.05. The summed E-state index contributed by atoms with van der Waals surface area (Å²) in [5, 5.41) is 2.93. The van der Waals surface area contributed by atoms with Gasteiger partial charge in [0.15, 0.2) is 18.1 Å². The van der Waals surface area contributed by atoms with Gasteiger partial charge in [0.2, 0.25) is 5.89 Å². The lowest BCUT2D eigenvalue weighted by atomic mass is 10.2. The number of hydrogen-bond donors (Lipinski definition) is 1. The minimum atomic E-state index is -0.774. The zero-order valence-corrected chi connectivity index (χ0v) is 15.5. The van der Waals surface area contributed by atoms with Crippen LogP contribution in [0, 0.1) is 6.92 Å². The monoisotopic (exact) mass is 405 g/mol. The van der Waals surface area contributed by atoms with Crippen LogP contribution in [-0.4, -0.2) is 28.5 Å². The van der Waals surface area contributed by atoms with E-state index in [4.69, 9.17) is 32.4 Å². The van der Waals surface area contributed by atoms with E-state index < -0.39 is 18.5 Å². The van der Waals surface area contributed by atoms with Gasteiger partial charge in [0.05, 0.1) is 10.0 Å². The van der Waals surface area contributed by atoms with Gasteiger partial charge in [0, 0.05) is 11.8 Å². The van der Waals surface area contributed by atoms with Gasteiger partial charge in [0.25, 0.3) is 5.91 Å². The van der Waals surface area contributed by atoms with Crippen molar-refractivity contribution < 1.29 is 18.7 Å². The fourth-order valence-electron chi connectivity index (χ4n) is 2.16. The predicted octanol–water partition coefficient (Wildman–Crippen LogP) is 4.15. The largest absolute Gasteiger partial charge is 0.451 e. The highest BCUT2D eigenvalue weighted by Gasteiger charge is 2.20. The predicted molar refractivity (Wildman–Crippen MR) is 99.8 cm³/mol. The molecule has 0 spiro atoms. The number of anilines is 1. The van der Waals surface area contributed by atoms with E-state index in [1.54, 1.807) is 19.1 Å². The second kappa shape index (κ2) is 8.20. The van der Waals surface area contributed by atoms with Gasteiger partial charge in [-0.15, -0.1) is 0 Å². The summed E-state index contributed by atoms with van der Waals surface area (Å²) in [5.74, 6) is -0.678. The third kappa shape index (κ3) is 4.64. The van der Waals surface area contributed by atoms with Gasteiger partial charge in [-0.3, -0.25) is 4.79 Å². The number of aryl methyl sites for hydroxylation is 1. The number of nitrogens with zero attached hydrogens (tertiary/aromatic N) is 2. The quantitative estimate of drug-likeness (QED) is 0.640. The molecule has 1 N–H and O–H groups in total. The van der Waals surface area contributed by atoms with Crippen LogP contribution >= 0.6 is 23.2 Å². The van der Waals surface area contributed by atoms with Crippen molar-refractivity contribution in [3.8, 4) is 11.5 Å². The van der Waals surface area contributed by atoms with Crippen LogP contribution in [0.25, 0.3) is 11.5 Å². The summed E-state index contributed by atoms with van der Waals surface area (Å²) in [6, 6.07) is 10.5. The molecule has 0 saturated carbocycles. The summed E-state index contributed by atoms with van der Waals surface area (Å²) in [6.45, 7) is 1.06. The number of nitrogens with one attached hydrogen (secondary N) is 1. The maximum absolute atomic E-state index is 12.2. The van der Waals surface area contributed by atoms with Gasteiger partial charge in [-0.2, -0.15) is 0 Å². The molecule has 7 nitrogen and oxygen atoms in total. The van der Waals surface area contributed by atoms with Crippen molar-refractivity contribution in [1.29, 1.82) is 0 Å². The van der Waals surface area contributed by atoms with Crippen LogP contribution in [0.15, 0.2) is 47.0 Å². The minimum absolute atomic E-state index is 0.00398. The molecule has 9 heteroatoms. The summed E-state index contributed by atoms with van der Waals surface area (Å²) in [7, 11) is 0. The van der Waals surface area contributed by atoms with Crippen LogP contribution in [0.5, 0.6) is 0 Å². The molecule has 1 aromatic carbocycles. The zero-order chi connectivity index (χ0) is 19.4. The molecule has 0 aliphatic carbocycles. The Morgan fingerprint density at radius 2 is 1.96 bits per heavy atom. The Balaban J connectivity index is 1.62. The molecule has 2 aromatic heterocycles. The first-order valence-corrected chi connectivity index (χ1v) is 8.50. The first kappa shape index (κ1) is 18.9. The van der Waals surface area contributed by atoms with Crippen molar-refractivity contribution in [3.63, 3.8) is 0 Å². The van der Waals surface area contributed by atoms with Gasteiger partial charge in [0.1, 0.15) is 5.76 Å². The van der Waals surface area contributed by atoms with Crippen molar-refractivity contribution in [2.45, 2.75) is 6.92 Å². The topological polar surface area (TPSA) is 94.3 Å². The third-order valence-electron chi connectivity index (χ3n) is 3.41. The number of amides is 1. The van der Waals surface area contributed by atoms with E-state index in [1.165, 1.54) is 12.3 Å². The number of esters is 1. The fraction of sp³-hybridized carbons (Fsp3) is 0.111. The molecule has 27 heavy (non-hydrogen) atoms. The van der Waals surface area contributed by atoms with Gasteiger partial charge in [-0.25, -0.2) is 14.8 Å². The molecule has 0 bridgehead atoms. The molecule has 0 radical (unpaired) electrons. The molecule has 0 aliphatic rings. The maximum Gasteiger partial charge on any atom is 0.361 e. The molecule has 2 heterocycles. The molecule has 0 fully saturated rings. The summed E-state index contributed by atoms with van der Waals surface area (Å²) in [5.41, 5.74) is 0.727. The van der Waals surface area contributed by atoms with E-state index >= 15 is 0 Å². The molecule has 138 valence electrons. The molecular weight excluding hydrogens is 393 g/mol. The highest BCUT2D eigenvalue weighted by atomic mass is 35.5. The first-order valence-electron chi connectivity index (χ1n) is 7.75. The van der Waals surface area contributed by atoms with Crippen molar-refractivity contribution >= 4 is 40.9 Å². The highest BCUT2D eigenvalue weighted by molar-refractivity contribution is 6.36. The van der Waals surface area contributed by atoms with Gasteiger partial charge >= 0.3 is 5.97 Å². The Hall–Kier alpha value is -2.90. The van der Waals surface area contributed by atoms with E-state index in [0.717, 1.165) is 5.56 Å². The molecular formula is C18H13Cl2N3O4. The number of carbonyl (C=O) groups is 2. The van der Waals surface area contributed by atoms with E-state index in [1.807, 2.05) is 18.2 Å². The highest BCUT2D eigenvalue weighted by Crippen LogP contribution is 2.23. The Morgan fingerprint density at radius 3 is 2.67 bits per heavy atom. The normalized spacial score (nSPS) is 10.5. The van der Waals surface area contributed by atoms with Crippen molar-refractivity contribution in [2.75, 3.05) is 11.9 Å². The number of halogens is 2. The number of carbonyl (C=O) groups excluding carboxylic acids is 2. The van der Waals surface area contributed by atoms with Crippen molar-refractivity contribution in [1.82, 2.24) is 9.97 Å². The first-order chi connectivity index (χ1) is 12.9. The third-order valence-corrected chi connectivity index (χ3v) is 3.91. The SMILES string of the molecule is Cc1oc(-c2ccccc2)nc1C(=O)OCC(=O)Nc1ncc(Cl)cc1Cl. The summed E-state index contributed by atoms with van der Waals surface area (Å²) < 4.78 is 10.5. The molecule has 0 aliphatic heterocycles. The lowest BCUT2D eigenvalue weighted by Gasteiger charge is -2.06. The zero-order valence-electron chi connectivity index (χ0n) is 14.0. The standard InChI is InChI=1S/C18H13Cl2N3O4/c1-10-15(23-17(27-10)11-5-3-2-4-6-11)18(25)26-9-14(24)22-16-13(20)7-12(19)8-21-16/h2-8H,9H2,1H3,(H,21,22,24). The molecule has 0 unspecified atom stereocenters. The summed E-state index contributed by atoms with van der Waals surface area (Å²) in [6.07, 6.45) is 1.33. The van der Waals surface area contributed by atoms with Crippen molar-refractivity contribution in [3.05, 3.63) is 64.1 Å². The van der Waals surface area contributed by atoms with E-state index in [-0.39, 0.29) is 16.5 Å². The van der Waals surface area contributed by atoms with Crippen LogP contribution in [0.2, 0.25) is 10.0 Å². The molecule has 3 rings (SSSR count). The van der Waals surface area contributed by atoms with E-state index in [9.17, 15) is 9.59 Å². The number of benzene rings is 1. The molecule has 0 saturated heterocycles. The second-order valence-electron chi connectivity index (χ2n) is 5.40. The molecule has 3 aromatic rings. The van der Waals surface area contributed by atoms with Gasteiger partial charge < -0.3 is 14.5 Å². The van der Waals surface area contributed by atoms with Gasteiger partial charge in [-0.1, -0.05) is 41.4 Å². The molecule has 1 amide bonds. The second-order valence-corrected chi connectivity index (χ2v) is 6.24. The lowest BCUT2D eigenvalue weighted by molar-refractivity contribution is -0.119. The number of oxazole rings is 1. The van der Waals surface area contributed by atoms with Crippen LogP contribution in [-0.2, 0) is 9.53 Å². The van der Waals surface area contributed by atoms with Crippen LogP contribution in [0.3, 0.4) is 0 Å². The Labute approximate surface area is 164 Å². The number of hydrogen-bond acceptors (Lipinski definition) is 6. The maximum atomic E-state index is 12.2.